The van der Waals surface area contributed by atoms with Crippen LogP contribution in [-0.2, 0) is 14.3 Å². The third-order valence-corrected chi connectivity index (χ3v) is 4.87. The second kappa shape index (κ2) is 6.00. The van der Waals surface area contributed by atoms with Gasteiger partial charge in [-0.2, -0.15) is 0 Å². The largest absolute Gasteiger partial charge is 0.381 e. The molecule has 0 radical (unpaired) electrons. The van der Waals surface area contributed by atoms with Crippen LogP contribution in [0.2, 0.25) is 0 Å². The van der Waals surface area contributed by atoms with E-state index in [1.165, 1.54) is 0 Å². The summed E-state index contributed by atoms with van der Waals surface area (Å²) in [4.78, 5) is 14.6. The van der Waals surface area contributed by atoms with Crippen molar-refractivity contribution >= 4 is 5.91 Å². The summed E-state index contributed by atoms with van der Waals surface area (Å²) in [6.07, 6.45) is 4.37. The van der Waals surface area contributed by atoms with Crippen LogP contribution < -0.4 is 5.32 Å². The molecule has 1 unspecified atom stereocenters. The normalized spacial score (nSPS) is 28.9. The highest BCUT2D eigenvalue weighted by Gasteiger charge is 2.39. The summed E-state index contributed by atoms with van der Waals surface area (Å²) < 4.78 is 11.3. The van der Waals surface area contributed by atoms with Crippen molar-refractivity contribution in [2.45, 2.75) is 44.7 Å². The number of hydrogen-bond donors (Lipinski definition) is 1. The van der Waals surface area contributed by atoms with Crippen LogP contribution >= 0.6 is 0 Å². The van der Waals surface area contributed by atoms with Crippen LogP contribution in [-0.4, -0.2) is 62.4 Å². The predicted molar refractivity (Wildman–Crippen MR) is 75.5 cm³/mol. The number of carbonyl (C=O) groups excluding carboxylic acids is 1. The van der Waals surface area contributed by atoms with Gasteiger partial charge in [0.15, 0.2) is 0 Å². The average Bonchev–Trinajstić information content (AvgIpc) is 3.27. The summed E-state index contributed by atoms with van der Waals surface area (Å²) in [5.41, 5.74) is 0.183. The van der Waals surface area contributed by atoms with Crippen molar-refractivity contribution in [3.8, 4) is 0 Å². The second-order valence-corrected chi connectivity index (χ2v) is 6.59. The monoisotopic (exact) mass is 282 g/mol. The van der Waals surface area contributed by atoms with Gasteiger partial charge in [-0.15, -0.1) is 0 Å². The molecule has 0 bridgehead atoms. The number of ether oxygens (including phenoxy) is 2. The molecule has 20 heavy (non-hydrogen) atoms. The standard InChI is InChI=1S/C15H26N2O3/c1-12(14(18)16-13-2-3-13)17-6-9-20-11-15(10-17)4-7-19-8-5-15/h12-13H,2-11H2,1H3,(H,16,18). The van der Waals surface area contributed by atoms with Crippen LogP contribution in [0.15, 0.2) is 0 Å². The van der Waals surface area contributed by atoms with Gasteiger partial charge in [0, 0.05) is 37.8 Å². The molecule has 3 fully saturated rings. The van der Waals surface area contributed by atoms with Crippen molar-refractivity contribution in [3.05, 3.63) is 0 Å². The molecule has 0 aromatic rings. The van der Waals surface area contributed by atoms with Gasteiger partial charge >= 0.3 is 0 Å². The number of nitrogens with one attached hydrogen (secondary N) is 1. The molecule has 5 nitrogen and oxygen atoms in total. The molecule has 0 aromatic carbocycles. The minimum absolute atomic E-state index is 0.0583. The van der Waals surface area contributed by atoms with Crippen LogP contribution in [0.4, 0.5) is 0 Å². The predicted octanol–water partition coefficient (Wildman–Crippen LogP) is 0.783. The van der Waals surface area contributed by atoms with Crippen LogP contribution in [0.5, 0.6) is 0 Å². The van der Waals surface area contributed by atoms with Crippen LogP contribution in [0.3, 0.4) is 0 Å². The van der Waals surface area contributed by atoms with Crippen molar-refractivity contribution in [2.24, 2.45) is 5.41 Å². The first-order valence-corrected chi connectivity index (χ1v) is 7.88. The maximum atomic E-state index is 12.3. The fourth-order valence-corrected chi connectivity index (χ4v) is 3.18. The molecule has 1 aliphatic carbocycles. The van der Waals surface area contributed by atoms with E-state index < -0.39 is 0 Å². The summed E-state index contributed by atoms with van der Waals surface area (Å²) in [6.45, 7) is 7.00. The second-order valence-electron chi connectivity index (χ2n) is 6.59. The maximum Gasteiger partial charge on any atom is 0.237 e. The molecule has 1 N–H and O–H groups in total. The quantitative estimate of drug-likeness (QED) is 0.831. The van der Waals surface area contributed by atoms with Gasteiger partial charge in [-0.3, -0.25) is 9.69 Å². The van der Waals surface area contributed by atoms with E-state index in [9.17, 15) is 4.79 Å². The van der Waals surface area contributed by atoms with Crippen molar-refractivity contribution in [2.75, 3.05) is 39.5 Å². The molecule has 114 valence electrons. The van der Waals surface area contributed by atoms with E-state index in [0.717, 1.165) is 65.2 Å². The highest BCUT2D eigenvalue weighted by atomic mass is 16.5. The molecular formula is C15H26N2O3. The van der Waals surface area contributed by atoms with Crippen LogP contribution in [0, 0.1) is 5.41 Å². The fraction of sp³-hybridized carbons (Fsp3) is 0.933. The van der Waals surface area contributed by atoms with E-state index in [1.54, 1.807) is 0 Å². The Hall–Kier alpha value is -0.650. The number of hydrogen-bond acceptors (Lipinski definition) is 4. The van der Waals surface area contributed by atoms with E-state index in [-0.39, 0.29) is 17.4 Å². The van der Waals surface area contributed by atoms with Gasteiger partial charge in [0.05, 0.1) is 19.3 Å². The van der Waals surface area contributed by atoms with Crippen molar-refractivity contribution < 1.29 is 14.3 Å². The molecule has 3 aliphatic rings. The zero-order valence-electron chi connectivity index (χ0n) is 12.4. The van der Waals surface area contributed by atoms with Gasteiger partial charge in [0.2, 0.25) is 5.91 Å². The molecule has 1 atom stereocenters. The molecule has 2 aliphatic heterocycles. The highest BCUT2D eigenvalue weighted by Crippen LogP contribution is 2.34. The summed E-state index contributed by atoms with van der Waals surface area (Å²) in [5, 5.41) is 3.12. The van der Waals surface area contributed by atoms with Gasteiger partial charge in [-0.25, -0.2) is 0 Å². The molecule has 1 spiro atoms. The number of carbonyl (C=O) groups is 1. The maximum absolute atomic E-state index is 12.3. The average molecular weight is 282 g/mol. The smallest absolute Gasteiger partial charge is 0.237 e. The van der Waals surface area contributed by atoms with Gasteiger partial charge in [-0.1, -0.05) is 0 Å². The third-order valence-electron chi connectivity index (χ3n) is 4.87. The minimum Gasteiger partial charge on any atom is -0.381 e. The number of amides is 1. The SMILES string of the molecule is CC(C(=O)NC1CC1)N1CCOCC2(CCOCC2)C1. The minimum atomic E-state index is -0.0583. The first-order valence-electron chi connectivity index (χ1n) is 7.88. The Kier molecular flexibility index (Phi) is 4.29. The van der Waals surface area contributed by atoms with Crippen molar-refractivity contribution in [1.82, 2.24) is 10.2 Å². The van der Waals surface area contributed by atoms with Crippen LogP contribution in [0.25, 0.3) is 0 Å². The van der Waals surface area contributed by atoms with Crippen LogP contribution in [0.1, 0.15) is 32.6 Å². The summed E-state index contributed by atoms with van der Waals surface area (Å²) in [7, 11) is 0. The number of nitrogens with zero attached hydrogens (tertiary/aromatic N) is 1. The fourth-order valence-electron chi connectivity index (χ4n) is 3.18. The van der Waals surface area contributed by atoms with Gasteiger partial charge in [-0.05, 0) is 32.6 Å². The number of rotatable bonds is 3. The molecule has 2 heterocycles. The lowest BCUT2D eigenvalue weighted by molar-refractivity contribution is -0.126. The van der Waals surface area contributed by atoms with Gasteiger partial charge in [0.1, 0.15) is 0 Å². The summed E-state index contributed by atoms with van der Waals surface area (Å²) >= 11 is 0. The third kappa shape index (κ3) is 3.32. The van der Waals surface area contributed by atoms with E-state index in [0.29, 0.717) is 6.04 Å². The van der Waals surface area contributed by atoms with Gasteiger partial charge in [0.25, 0.3) is 0 Å². The summed E-state index contributed by atoms with van der Waals surface area (Å²) in [6, 6.07) is 0.377. The summed E-state index contributed by atoms with van der Waals surface area (Å²) in [5.74, 6) is 0.177. The Bertz CT molecular complexity index is 351. The topological polar surface area (TPSA) is 50.8 Å². The Morgan fingerprint density at radius 1 is 1.25 bits per heavy atom. The lowest BCUT2D eigenvalue weighted by atomic mass is 9.80. The molecule has 3 rings (SSSR count). The Labute approximate surface area is 121 Å². The van der Waals surface area contributed by atoms with E-state index in [4.69, 9.17) is 9.47 Å². The first-order chi connectivity index (χ1) is 9.69. The lowest BCUT2D eigenvalue weighted by Gasteiger charge is -2.39. The van der Waals surface area contributed by atoms with E-state index in [1.807, 2.05) is 6.92 Å². The zero-order chi connectivity index (χ0) is 14.0. The van der Waals surface area contributed by atoms with Crippen molar-refractivity contribution in [1.29, 1.82) is 0 Å². The molecule has 1 saturated carbocycles. The van der Waals surface area contributed by atoms with Gasteiger partial charge < -0.3 is 14.8 Å². The zero-order valence-corrected chi connectivity index (χ0v) is 12.4. The Morgan fingerprint density at radius 3 is 2.70 bits per heavy atom. The molecule has 5 heteroatoms. The molecule has 0 aromatic heterocycles. The Morgan fingerprint density at radius 2 is 2.00 bits per heavy atom. The van der Waals surface area contributed by atoms with E-state index in [2.05, 4.69) is 10.2 Å². The lowest BCUT2D eigenvalue weighted by Crippen LogP contribution is -2.51. The molecule has 1 amide bonds. The molecular weight excluding hydrogens is 256 g/mol. The highest BCUT2D eigenvalue weighted by molar-refractivity contribution is 5.81. The molecule has 2 saturated heterocycles. The Balaban J connectivity index is 1.62. The van der Waals surface area contributed by atoms with E-state index >= 15 is 0 Å². The van der Waals surface area contributed by atoms with Crippen molar-refractivity contribution in [3.63, 3.8) is 0 Å². The first kappa shape index (κ1) is 14.3.